The average Bonchev–Trinajstić information content (AvgIpc) is 2.95. The van der Waals surface area contributed by atoms with Gasteiger partial charge in [-0.1, -0.05) is 11.6 Å². The molecule has 1 aliphatic rings. The number of benzene rings is 2. The fraction of sp³-hybridized carbons (Fsp3) is 0.0714. The summed E-state index contributed by atoms with van der Waals surface area (Å²) in [6.07, 6.45) is 0. The van der Waals surface area contributed by atoms with E-state index in [1.807, 2.05) is 0 Å². The summed E-state index contributed by atoms with van der Waals surface area (Å²) in [5.41, 5.74) is 0.533. The van der Waals surface area contributed by atoms with Crippen LogP contribution in [0, 0.1) is 0 Å². The minimum absolute atomic E-state index is 0.0192. The lowest BCUT2D eigenvalue weighted by Gasteiger charge is -2.08. The molecule has 1 heterocycles. The van der Waals surface area contributed by atoms with Gasteiger partial charge in [0.15, 0.2) is 11.5 Å². The van der Waals surface area contributed by atoms with Gasteiger partial charge in [0, 0.05) is 5.56 Å². The highest BCUT2D eigenvalue weighted by molar-refractivity contribution is 7.85. The van der Waals surface area contributed by atoms with Gasteiger partial charge < -0.3 is 14.8 Å². The summed E-state index contributed by atoms with van der Waals surface area (Å²) in [4.78, 5) is 11.9. The topological polar surface area (TPSA) is 102 Å². The van der Waals surface area contributed by atoms with Crippen LogP contribution < -0.4 is 14.8 Å². The lowest BCUT2D eigenvalue weighted by Crippen LogP contribution is -2.12. The van der Waals surface area contributed by atoms with Gasteiger partial charge in [0.25, 0.3) is 16.0 Å². The average molecular weight is 356 g/mol. The normalized spacial score (nSPS) is 13.0. The molecule has 2 aromatic rings. The lowest BCUT2D eigenvalue weighted by molar-refractivity contribution is 0.102. The van der Waals surface area contributed by atoms with Gasteiger partial charge in [0.1, 0.15) is 0 Å². The predicted octanol–water partition coefficient (Wildman–Crippen LogP) is 2.57. The van der Waals surface area contributed by atoms with E-state index >= 15 is 0 Å². The molecular formula is C14H10ClNO6S. The molecule has 0 saturated carbocycles. The number of ether oxygens (including phenoxy) is 2. The molecule has 0 bridgehead atoms. The van der Waals surface area contributed by atoms with Crippen molar-refractivity contribution in [2.75, 3.05) is 12.1 Å². The summed E-state index contributed by atoms with van der Waals surface area (Å²) in [6.45, 7) is 0.101. The van der Waals surface area contributed by atoms with Gasteiger partial charge in [-0.05, 0) is 36.4 Å². The molecule has 2 N–H and O–H groups in total. The van der Waals surface area contributed by atoms with Crippen LogP contribution in [-0.4, -0.2) is 25.7 Å². The van der Waals surface area contributed by atoms with E-state index in [1.54, 1.807) is 12.1 Å². The number of halogens is 1. The van der Waals surface area contributed by atoms with E-state index in [4.69, 9.17) is 25.6 Å². The van der Waals surface area contributed by atoms with E-state index in [0.29, 0.717) is 17.1 Å². The minimum atomic E-state index is -4.36. The van der Waals surface area contributed by atoms with Gasteiger partial charge >= 0.3 is 0 Å². The molecule has 1 amide bonds. The third-order valence-corrected chi connectivity index (χ3v) is 4.28. The highest BCUT2D eigenvalue weighted by Gasteiger charge is 2.18. The predicted molar refractivity (Wildman–Crippen MR) is 81.8 cm³/mol. The van der Waals surface area contributed by atoms with Crippen LogP contribution >= 0.6 is 11.6 Å². The molecule has 2 aromatic carbocycles. The first-order valence-electron chi connectivity index (χ1n) is 6.32. The van der Waals surface area contributed by atoms with Crippen molar-refractivity contribution >= 4 is 33.3 Å². The smallest absolute Gasteiger partial charge is 0.294 e. The number of nitrogens with one attached hydrogen (secondary N) is 1. The zero-order valence-electron chi connectivity index (χ0n) is 11.4. The second-order valence-electron chi connectivity index (χ2n) is 4.64. The highest BCUT2D eigenvalue weighted by Crippen LogP contribution is 2.33. The maximum Gasteiger partial charge on any atom is 0.294 e. The van der Waals surface area contributed by atoms with Crippen molar-refractivity contribution in [1.82, 2.24) is 0 Å². The summed E-state index contributed by atoms with van der Waals surface area (Å²) in [6, 6.07) is 8.17. The van der Waals surface area contributed by atoms with Crippen LogP contribution in [0.2, 0.25) is 5.02 Å². The van der Waals surface area contributed by atoms with Crippen LogP contribution in [0.1, 0.15) is 10.4 Å². The summed E-state index contributed by atoms with van der Waals surface area (Å²) >= 11 is 5.93. The van der Waals surface area contributed by atoms with Crippen LogP contribution in [-0.2, 0) is 10.1 Å². The molecule has 0 unspecified atom stereocenters. The molecule has 3 rings (SSSR count). The van der Waals surface area contributed by atoms with Gasteiger partial charge in [-0.15, -0.1) is 0 Å². The van der Waals surface area contributed by atoms with Crippen molar-refractivity contribution in [2.24, 2.45) is 0 Å². The first-order chi connectivity index (χ1) is 10.8. The largest absolute Gasteiger partial charge is 0.454 e. The molecule has 0 aliphatic carbocycles. The maximum atomic E-state index is 12.2. The SMILES string of the molecule is O=C(Nc1ccc(S(=O)(=O)O)cc1Cl)c1ccc2c(c1)OCO2. The van der Waals surface area contributed by atoms with E-state index in [-0.39, 0.29) is 22.4 Å². The first-order valence-corrected chi connectivity index (χ1v) is 8.14. The summed E-state index contributed by atoms with van der Waals surface area (Å²) in [5.74, 6) is 0.562. The van der Waals surface area contributed by atoms with E-state index in [2.05, 4.69) is 5.32 Å². The van der Waals surface area contributed by atoms with Crippen LogP contribution in [0.15, 0.2) is 41.3 Å². The van der Waals surface area contributed by atoms with Crippen molar-refractivity contribution in [3.8, 4) is 11.5 Å². The summed E-state index contributed by atoms with van der Waals surface area (Å²) < 4.78 is 41.4. The fourth-order valence-electron chi connectivity index (χ4n) is 1.99. The number of fused-ring (bicyclic) bond motifs is 1. The van der Waals surface area contributed by atoms with Crippen LogP contribution in [0.25, 0.3) is 0 Å². The van der Waals surface area contributed by atoms with Crippen LogP contribution in [0.5, 0.6) is 11.5 Å². The Morgan fingerprint density at radius 1 is 1.13 bits per heavy atom. The zero-order chi connectivity index (χ0) is 16.6. The second kappa shape index (κ2) is 5.73. The third kappa shape index (κ3) is 3.24. The zero-order valence-corrected chi connectivity index (χ0v) is 13.0. The number of anilines is 1. The molecule has 120 valence electrons. The monoisotopic (exact) mass is 355 g/mol. The number of hydrogen-bond donors (Lipinski definition) is 2. The first kappa shape index (κ1) is 15.6. The Bertz CT molecular complexity index is 896. The molecule has 9 heteroatoms. The van der Waals surface area contributed by atoms with Gasteiger partial charge in [-0.3, -0.25) is 9.35 Å². The highest BCUT2D eigenvalue weighted by atomic mass is 35.5. The van der Waals surface area contributed by atoms with Gasteiger partial charge in [0.2, 0.25) is 6.79 Å². The van der Waals surface area contributed by atoms with Crippen LogP contribution in [0.3, 0.4) is 0 Å². The van der Waals surface area contributed by atoms with E-state index < -0.39 is 16.0 Å². The van der Waals surface area contributed by atoms with E-state index in [0.717, 1.165) is 12.1 Å². The molecular weight excluding hydrogens is 346 g/mol. The van der Waals surface area contributed by atoms with Crippen molar-refractivity contribution in [1.29, 1.82) is 0 Å². The molecule has 23 heavy (non-hydrogen) atoms. The third-order valence-electron chi connectivity index (χ3n) is 3.12. The molecule has 0 radical (unpaired) electrons. The number of hydrogen-bond acceptors (Lipinski definition) is 5. The molecule has 7 nitrogen and oxygen atoms in total. The second-order valence-corrected chi connectivity index (χ2v) is 6.47. The molecule has 0 aromatic heterocycles. The molecule has 0 spiro atoms. The maximum absolute atomic E-state index is 12.2. The Labute approximate surface area is 136 Å². The van der Waals surface area contributed by atoms with E-state index in [9.17, 15) is 13.2 Å². The summed E-state index contributed by atoms with van der Waals surface area (Å²) in [7, 11) is -4.36. The Morgan fingerprint density at radius 3 is 2.57 bits per heavy atom. The quantitative estimate of drug-likeness (QED) is 0.820. The van der Waals surface area contributed by atoms with Crippen molar-refractivity contribution in [3.05, 3.63) is 47.0 Å². The van der Waals surface area contributed by atoms with Crippen molar-refractivity contribution in [2.45, 2.75) is 4.90 Å². The van der Waals surface area contributed by atoms with Crippen LogP contribution in [0.4, 0.5) is 5.69 Å². The summed E-state index contributed by atoms with van der Waals surface area (Å²) in [5, 5.41) is 2.53. The lowest BCUT2D eigenvalue weighted by atomic mass is 10.2. The molecule has 0 atom stereocenters. The fourth-order valence-corrected chi connectivity index (χ4v) is 2.79. The Kier molecular flexibility index (Phi) is 3.88. The number of rotatable bonds is 3. The molecule has 1 aliphatic heterocycles. The van der Waals surface area contributed by atoms with Gasteiger partial charge in [-0.25, -0.2) is 0 Å². The van der Waals surface area contributed by atoms with Gasteiger partial charge in [-0.2, -0.15) is 8.42 Å². The number of carbonyl (C=O) groups excluding carboxylic acids is 1. The van der Waals surface area contributed by atoms with Crippen molar-refractivity contribution in [3.63, 3.8) is 0 Å². The van der Waals surface area contributed by atoms with Crippen molar-refractivity contribution < 1.29 is 27.2 Å². The Hall–Kier alpha value is -2.29. The van der Waals surface area contributed by atoms with E-state index in [1.165, 1.54) is 12.1 Å². The molecule has 0 saturated heterocycles. The molecule has 0 fully saturated rings. The Morgan fingerprint density at radius 2 is 1.87 bits per heavy atom. The van der Waals surface area contributed by atoms with Gasteiger partial charge in [0.05, 0.1) is 15.6 Å². The number of amides is 1. The minimum Gasteiger partial charge on any atom is -0.454 e. The Balaban J connectivity index is 1.83. The number of carbonyl (C=O) groups is 1. The standard InChI is InChI=1S/C14H10ClNO6S/c15-10-6-9(23(18,19)20)2-3-11(10)16-14(17)8-1-4-12-13(5-8)22-7-21-12/h1-6H,7H2,(H,16,17)(H,18,19,20).